The normalized spacial score (nSPS) is 12.0. The molecule has 21 heavy (non-hydrogen) atoms. The number of aliphatic hydroxyl groups is 1. The van der Waals surface area contributed by atoms with Crippen LogP contribution in [0.2, 0.25) is 0 Å². The van der Waals surface area contributed by atoms with Gasteiger partial charge in [-0.25, -0.2) is 0 Å². The maximum atomic E-state index is 10.2. The summed E-state index contributed by atoms with van der Waals surface area (Å²) in [5, 5.41) is 10.2. The number of hydrogen-bond donors (Lipinski definition) is 1. The van der Waals surface area contributed by atoms with Crippen molar-refractivity contribution in [1.29, 1.82) is 0 Å². The van der Waals surface area contributed by atoms with Crippen LogP contribution in [0, 0.1) is 0 Å². The quantitative estimate of drug-likeness (QED) is 0.877. The second kappa shape index (κ2) is 7.14. The van der Waals surface area contributed by atoms with E-state index in [0.29, 0.717) is 6.42 Å². The van der Waals surface area contributed by atoms with E-state index in [2.05, 4.69) is 11.0 Å². The average molecular weight is 285 g/mol. The zero-order valence-corrected chi connectivity index (χ0v) is 12.9. The summed E-state index contributed by atoms with van der Waals surface area (Å²) >= 11 is 0. The number of ether oxygens (including phenoxy) is 1. The number of anilines is 1. The van der Waals surface area contributed by atoms with Crippen LogP contribution in [0.15, 0.2) is 48.5 Å². The fourth-order valence-electron chi connectivity index (χ4n) is 2.51. The number of methoxy groups -OCH3 is 1. The Kier molecular flexibility index (Phi) is 5.23. The average Bonchev–Trinajstić information content (AvgIpc) is 2.54. The van der Waals surface area contributed by atoms with Crippen molar-refractivity contribution in [2.45, 2.75) is 26.0 Å². The lowest BCUT2D eigenvalue weighted by Crippen LogP contribution is -2.19. The third-order valence-corrected chi connectivity index (χ3v) is 3.69. The van der Waals surface area contributed by atoms with Gasteiger partial charge in [-0.2, -0.15) is 0 Å². The minimum Gasteiger partial charge on any atom is -0.496 e. The molecule has 0 unspecified atom stereocenters. The van der Waals surface area contributed by atoms with Crippen molar-refractivity contribution >= 4 is 5.69 Å². The fourth-order valence-corrected chi connectivity index (χ4v) is 2.51. The van der Waals surface area contributed by atoms with Crippen LogP contribution < -0.4 is 9.64 Å². The monoisotopic (exact) mass is 285 g/mol. The van der Waals surface area contributed by atoms with E-state index >= 15 is 0 Å². The van der Waals surface area contributed by atoms with Gasteiger partial charge in [0.05, 0.1) is 13.2 Å². The molecule has 0 aliphatic heterocycles. The molecule has 1 atom stereocenters. The first-order chi connectivity index (χ1) is 10.2. The molecule has 0 fully saturated rings. The predicted octanol–water partition coefficient (Wildman–Crippen LogP) is 3.78. The van der Waals surface area contributed by atoms with Crippen LogP contribution in [0.1, 0.15) is 30.6 Å². The van der Waals surface area contributed by atoms with Crippen molar-refractivity contribution < 1.29 is 9.84 Å². The number of benzene rings is 2. The van der Waals surface area contributed by atoms with Gasteiger partial charge in [0.1, 0.15) is 5.75 Å². The van der Waals surface area contributed by atoms with E-state index in [-0.39, 0.29) is 0 Å². The van der Waals surface area contributed by atoms with Crippen LogP contribution >= 0.6 is 0 Å². The molecule has 1 N–H and O–H groups in total. The van der Waals surface area contributed by atoms with E-state index in [1.54, 1.807) is 7.11 Å². The van der Waals surface area contributed by atoms with E-state index in [9.17, 15) is 5.11 Å². The Hall–Kier alpha value is -2.00. The van der Waals surface area contributed by atoms with E-state index in [1.165, 1.54) is 0 Å². The van der Waals surface area contributed by atoms with Gasteiger partial charge < -0.3 is 14.7 Å². The summed E-state index contributed by atoms with van der Waals surface area (Å²) < 4.78 is 5.40. The Morgan fingerprint density at radius 2 is 1.76 bits per heavy atom. The van der Waals surface area contributed by atoms with E-state index in [4.69, 9.17) is 4.74 Å². The third kappa shape index (κ3) is 3.56. The molecule has 0 saturated carbocycles. The molecule has 2 aromatic rings. The summed E-state index contributed by atoms with van der Waals surface area (Å²) in [6.07, 6.45) is 0.279. The van der Waals surface area contributed by atoms with Gasteiger partial charge >= 0.3 is 0 Å². The van der Waals surface area contributed by atoms with Crippen LogP contribution in [-0.4, -0.2) is 19.3 Å². The number of hydrogen-bond acceptors (Lipinski definition) is 3. The lowest BCUT2D eigenvalue weighted by molar-refractivity contribution is 0.174. The zero-order chi connectivity index (χ0) is 15.2. The zero-order valence-electron chi connectivity index (χ0n) is 12.9. The molecule has 0 amide bonds. The van der Waals surface area contributed by atoms with Gasteiger partial charge in [-0.3, -0.25) is 0 Å². The van der Waals surface area contributed by atoms with Crippen molar-refractivity contribution in [1.82, 2.24) is 0 Å². The molecule has 0 radical (unpaired) electrons. The molecule has 112 valence electrons. The summed E-state index contributed by atoms with van der Waals surface area (Å²) in [6, 6.07) is 16.0. The smallest absolute Gasteiger partial charge is 0.123 e. The lowest BCUT2D eigenvalue weighted by Gasteiger charge is -2.25. The second-order valence-electron chi connectivity index (χ2n) is 5.15. The summed E-state index contributed by atoms with van der Waals surface area (Å²) in [5.74, 6) is 0.887. The minimum absolute atomic E-state index is 0.429. The Labute approximate surface area is 126 Å². The third-order valence-electron chi connectivity index (χ3n) is 3.69. The summed E-state index contributed by atoms with van der Waals surface area (Å²) in [4.78, 5) is 2.14. The Morgan fingerprint density at radius 1 is 1.10 bits per heavy atom. The van der Waals surface area contributed by atoms with Gasteiger partial charge in [0, 0.05) is 30.4 Å². The molecule has 2 rings (SSSR count). The van der Waals surface area contributed by atoms with Crippen molar-refractivity contribution in [2.75, 3.05) is 19.1 Å². The maximum absolute atomic E-state index is 10.2. The number of aliphatic hydroxyl groups excluding tert-OH is 1. The van der Waals surface area contributed by atoms with Gasteiger partial charge in [0.15, 0.2) is 0 Å². The Bertz CT molecular complexity index is 583. The first kappa shape index (κ1) is 15.4. The molecule has 0 spiro atoms. The van der Waals surface area contributed by atoms with Crippen molar-refractivity contribution in [3.8, 4) is 5.75 Å². The lowest BCUT2D eigenvalue weighted by atomic mass is 10.0. The molecule has 0 heterocycles. The molecule has 0 aromatic heterocycles. The Morgan fingerprint density at radius 3 is 2.48 bits per heavy atom. The molecule has 3 heteroatoms. The molecule has 0 saturated heterocycles. The van der Waals surface area contributed by atoms with Crippen LogP contribution in [0.5, 0.6) is 5.75 Å². The van der Waals surface area contributed by atoms with Crippen LogP contribution in [0.25, 0.3) is 0 Å². The van der Waals surface area contributed by atoms with Crippen LogP contribution in [0.3, 0.4) is 0 Å². The fraction of sp³-hybridized carbons (Fsp3) is 0.333. The molecule has 2 aromatic carbocycles. The van der Waals surface area contributed by atoms with Gasteiger partial charge in [-0.1, -0.05) is 43.3 Å². The molecule has 0 aliphatic carbocycles. The number of para-hydroxylation sites is 2. The standard InChI is InChI=1S/C18H23NO2/c1-4-17(20)15-10-6-7-11-16(15)19(2)13-14-9-5-8-12-18(14)21-3/h5-12,17,20H,4,13H2,1-3H3/t17-/m0/s1. The Balaban J connectivity index is 2.26. The van der Waals surface area contributed by atoms with Gasteiger partial charge in [0.2, 0.25) is 0 Å². The number of nitrogens with zero attached hydrogens (tertiary/aromatic N) is 1. The first-order valence-electron chi connectivity index (χ1n) is 7.27. The van der Waals surface area contributed by atoms with Crippen molar-refractivity contribution in [3.05, 3.63) is 59.7 Å². The molecular formula is C18H23NO2. The van der Waals surface area contributed by atoms with Gasteiger partial charge in [-0.05, 0) is 18.6 Å². The second-order valence-corrected chi connectivity index (χ2v) is 5.15. The molecule has 3 nitrogen and oxygen atoms in total. The van der Waals surface area contributed by atoms with Gasteiger partial charge in [-0.15, -0.1) is 0 Å². The van der Waals surface area contributed by atoms with E-state index in [1.807, 2.05) is 56.4 Å². The summed E-state index contributed by atoms with van der Waals surface area (Å²) in [6.45, 7) is 2.72. The van der Waals surface area contributed by atoms with E-state index < -0.39 is 6.10 Å². The van der Waals surface area contributed by atoms with Gasteiger partial charge in [0.25, 0.3) is 0 Å². The molecular weight excluding hydrogens is 262 g/mol. The minimum atomic E-state index is -0.429. The highest BCUT2D eigenvalue weighted by Gasteiger charge is 2.14. The molecule has 0 bridgehead atoms. The maximum Gasteiger partial charge on any atom is 0.123 e. The van der Waals surface area contributed by atoms with E-state index in [0.717, 1.165) is 29.1 Å². The van der Waals surface area contributed by atoms with Crippen molar-refractivity contribution in [2.24, 2.45) is 0 Å². The first-order valence-corrected chi connectivity index (χ1v) is 7.27. The van der Waals surface area contributed by atoms with Crippen LogP contribution in [0.4, 0.5) is 5.69 Å². The number of rotatable bonds is 6. The largest absolute Gasteiger partial charge is 0.496 e. The predicted molar refractivity (Wildman–Crippen MR) is 86.8 cm³/mol. The topological polar surface area (TPSA) is 32.7 Å². The summed E-state index contributed by atoms with van der Waals surface area (Å²) in [5.41, 5.74) is 3.15. The summed E-state index contributed by atoms with van der Waals surface area (Å²) in [7, 11) is 3.72. The highest BCUT2D eigenvalue weighted by Crippen LogP contribution is 2.29. The molecule has 0 aliphatic rings. The highest BCUT2D eigenvalue weighted by atomic mass is 16.5. The highest BCUT2D eigenvalue weighted by molar-refractivity contribution is 5.55. The van der Waals surface area contributed by atoms with Crippen LogP contribution in [-0.2, 0) is 6.54 Å². The SMILES string of the molecule is CC[C@H](O)c1ccccc1N(C)Cc1ccccc1OC. The van der Waals surface area contributed by atoms with Crippen molar-refractivity contribution in [3.63, 3.8) is 0 Å².